The molecule has 0 aliphatic rings. The normalized spacial score (nSPS) is 9.93. The second kappa shape index (κ2) is 4.01. The smallest absolute Gasteiger partial charge is 0.270 e. The number of hydrogen-bond acceptors (Lipinski definition) is 5. The van der Waals surface area contributed by atoms with Gasteiger partial charge in [-0.2, -0.15) is 5.21 Å². The Labute approximate surface area is 88.9 Å². The van der Waals surface area contributed by atoms with E-state index in [2.05, 4.69) is 30.9 Å². The van der Waals surface area contributed by atoms with Gasteiger partial charge in [0.25, 0.3) is 11.9 Å². The zero-order chi connectivity index (χ0) is 10.7. The Kier molecular flexibility index (Phi) is 2.55. The second-order valence-corrected chi connectivity index (χ2v) is 2.94. The van der Waals surface area contributed by atoms with Crippen LogP contribution in [0.1, 0.15) is 10.4 Å². The third-order valence-corrected chi connectivity index (χ3v) is 1.77. The topological polar surface area (TPSA) is 96.5 Å². The van der Waals surface area contributed by atoms with Crippen LogP contribution in [-0.2, 0) is 0 Å². The summed E-state index contributed by atoms with van der Waals surface area (Å²) < 4.78 is 0. The van der Waals surface area contributed by atoms with Crippen LogP contribution in [0.2, 0.25) is 5.15 Å². The molecular weight excluding hydrogens is 220 g/mol. The summed E-state index contributed by atoms with van der Waals surface area (Å²) in [6.07, 6.45) is 1.44. The first kappa shape index (κ1) is 9.53. The molecular formula is C7H5ClN6O. The van der Waals surface area contributed by atoms with Crippen LogP contribution in [0.25, 0.3) is 0 Å². The van der Waals surface area contributed by atoms with Gasteiger partial charge in [-0.15, -0.1) is 5.10 Å². The van der Waals surface area contributed by atoms with Gasteiger partial charge in [0.2, 0.25) is 0 Å². The van der Waals surface area contributed by atoms with Gasteiger partial charge < -0.3 is 0 Å². The molecule has 0 saturated carbocycles. The molecule has 2 N–H and O–H groups in total. The van der Waals surface area contributed by atoms with E-state index in [4.69, 9.17) is 11.6 Å². The lowest BCUT2D eigenvalue weighted by Gasteiger charge is -1.99. The Morgan fingerprint density at radius 2 is 2.40 bits per heavy atom. The summed E-state index contributed by atoms with van der Waals surface area (Å²) in [5.41, 5.74) is 0.375. The van der Waals surface area contributed by atoms with E-state index in [0.717, 1.165) is 0 Å². The summed E-state index contributed by atoms with van der Waals surface area (Å²) in [5, 5.41) is 15.3. The Hall–Kier alpha value is -2.02. The molecule has 7 nitrogen and oxygen atoms in total. The maximum atomic E-state index is 11.5. The summed E-state index contributed by atoms with van der Waals surface area (Å²) in [7, 11) is 0. The molecule has 0 fully saturated rings. The quantitative estimate of drug-likeness (QED) is 0.724. The van der Waals surface area contributed by atoms with Crippen molar-refractivity contribution in [3.8, 4) is 0 Å². The van der Waals surface area contributed by atoms with Crippen LogP contribution >= 0.6 is 11.6 Å². The van der Waals surface area contributed by atoms with Gasteiger partial charge in [0, 0.05) is 11.8 Å². The van der Waals surface area contributed by atoms with E-state index in [1.165, 1.54) is 18.3 Å². The number of nitrogens with zero attached hydrogens (tertiary/aromatic N) is 4. The van der Waals surface area contributed by atoms with Crippen molar-refractivity contribution in [2.24, 2.45) is 0 Å². The van der Waals surface area contributed by atoms with Crippen LogP contribution in [0.3, 0.4) is 0 Å². The predicted octanol–water partition coefficient (Wildman–Crippen LogP) is 0.500. The number of halogens is 1. The number of nitrogens with one attached hydrogen (secondary N) is 2. The van der Waals surface area contributed by atoms with E-state index < -0.39 is 0 Å². The van der Waals surface area contributed by atoms with E-state index in [1.54, 1.807) is 0 Å². The number of amides is 1. The third kappa shape index (κ3) is 2.26. The van der Waals surface area contributed by atoms with Crippen molar-refractivity contribution >= 4 is 23.5 Å². The fourth-order valence-corrected chi connectivity index (χ4v) is 1.11. The average molecular weight is 225 g/mol. The maximum Gasteiger partial charge on any atom is 0.270 e. The molecule has 0 saturated heterocycles. The van der Waals surface area contributed by atoms with Gasteiger partial charge in [0.1, 0.15) is 5.15 Å². The van der Waals surface area contributed by atoms with Crippen LogP contribution in [0.4, 0.5) is 5.95 Å². The predicted molar refractivity (Wildman–Crippen MR) is 51.4 cm³/mol. The van der Waals surface area contributed by atoms with Gasteiger partial charge in [-0.05, 0) is 17.3 Å². The minimum atomic E-state index is -0.374. The number of carbonyl (C=O) groups is 1. The van der Waals surface area contributed by atoms with Crippen molar-refractivity contribution in [3.05, 3.63) is 29.0 Å². The van der Waals surface area contributed by atoms with Gasteiger partial charge >= 0.3 is 0 Å². The van der Waals surface area contributed by atoms with Crippen molar-refractivity contribution < 1.29 is 4.79 Å². The molecule has 8 heteroatoms. The molecule has 0 aliphatic heterocycles. The van der Waals surface area contributed by atoms with E-state index in [1.807, 2.05) is 0 Å². The van der Waals surface area contributed by atoms with E-state index in [9.17, 15) is 4.79 Å². The van der Waals surface area contributed by atoms with Crippen LogP contribution in [0.15, 0.2) is 18.3 Å². The molecule has 0 atom stereocenters. The van der Waals surface area contributed by atoms with Crippen molar-refractivity contribution in [1.29, 1.82) is 0 Å². The summed E-state index contributed by atoms with van der Waals surface area (Å²) in [5.74, 6) is -0.270. The molecule has 2 aromatic heterocycles. The summed E-state index contributed by atoms with van der Waals surface area (Å²) in [4.78, 5) is 15.3. The molecule has 0 bridgehead atoms. The molecule has 2 rings (SSSR count). The lowest BCUT2D eigenvalue weighted by atomic mass is 10.2. The molecule has 0 aliphatic carbocycles. The highest BCUT2D eigenvalue weighted by atomic mass is 35.5. The lowest BCUT2D eigenvalue weighted by molar-refractivity contribution is 0.102. The van der Waals surface area contributed by atoms with Gasteiger partial charge in [-0.25, -0.2) is 4.98 Å². The first-order valence-electron chi connectivity index (χ1n) is 3.92. The number of aromatic nitrogens is 5. The second-order valence-electron chi connectivity index (χ2n) is 2.56. The molecule has 15 heavy (non-hydrogen) atoms. The Balaban J connectivity index is 2.15. The van der Waals surface area contributed by atoms with Crippen molar-refractivity contribution in [3.63, 3.8) is 0 Å². The highest BCUT2D eigenvalue weighted by Gasteiger charge is 2.08. The summed E-state index contributed by atoms with van der Waals surface area (Å²) >= 11 is 5.63. The fourth-order valence-electron chi connectivity index (χ4n) is 0.932. The first-order chi connectivity index (χ1) is 7.25. The molecule has 2 aromatic rings. The number of hydrogen-bond donors (Lipinski definition) is 2. The minimum Gasteiger partial charge on any atom is -0.288 e. The molecule has 0 unspecified atom stereocenters. The van der Waals surface area contributed by atoms with Crippen molar-refractivity contribution in [2.75, 3.05) is 5.32 Å². The third-order valence-electron chi connectivity index (χ3n) is 1.56. The average Bonchev–Trinajstić information content (AvgIpc) is 2.70. The first-order valence-corrected chi connectivity index (χ1v) is 4.30. The van der Waals surface area contributed by atoms with Crippen molar-refractivity contribution in [1.82, 2.24) is 25.6 Å². The van der Waals surface area contributed by atoms with Gasteiger partial charge in [0.05, 0.1) is 0 Å². The van der Waals surface area contributed by atoms with Gasteiger partial charge in [-0.3, -0.25) is 10.1 Å². The number of aromatic amines is 1. The van der Waals surface area contributed by atoms with Crippen LogP contribution in [-0.4, -0.2) is 31.5 Å². The Bertz CT molecular complexity index is 470. The summed E-state index contributed by atoms with van der Waals surface area (Å²) in [6.45, 7) is 0. The Morgan fingerprint density at radius 1 is 1.53 bits per heavy atom. The fraction of sp³-hybridized carbons (Fsp3) is 0. The number of pyridine rings is 1. The monoisotopic (exact) mass is 224 g/mol. The lowest BCUT2D eigenvalue weighted by Crippen LogP contribution is -2.13. The molecule has 0 aromatic carbocycles. The number of tetrazole rings is 1. The number of rotatable bonds is 2. The molecule has 1 amide bonds. The highest BCUT2D eigenvalue weighted by molar-refractivity contribution is 6.29. The number of H-pyrrole nitrogens is 1. The van der Waals surface area contributed by atoms with Gasteiger partial charge in [-0.1, -0.05) is 16.7 Å². The molecule has 0 spiro atoms. The van der Waals surface area contributed by atoms with Crippen LogP contribution in [0, 0.1) is 0 Å². The maximum absolute atomic E-state index is 11.5. The Morgan fingerprint density at radius 3 is 3.07 bits per heavy atom. The standard InChI is InChI=1S/C7H5ClN6O/c8-5-3-4(1-2-9-5)6(15)10-7-11-13-14-12-7/h1-3H,(H2,10,11,12,13,14,15). The molecule has 0 radical (unpaired) electrons. The van der Waals surface area contributed by atoms with Crippen LogP contribution < -0.4 is 5.32 Å². The van der Waals surface area contributed by atoms with Crippen LogP contribution in [0.5, 0.6) is 0 Å². The zero-order valence-corrected chi connectivity index (χ0v) is 8.06. The zero-order valence-electron chi connectivity index (χ0n) is 7.31. The largest absolute Gasteiger partial charge is 0.288 e. The van der Waals surface area contributed by atoms with E-state index >= 15 is 0 Å². The van der Waals surface area contributed by atoms with E-state index in [0.29, 0.717) is 5.56 Å². The molecule has 2 heterocycles. The molecule has 76 valence electrons. The van der Waals surface area contributed by atoms with E-state index in [-0.39, 0.29) is 17.0 Å². The SMILES string of the molecule is O=C(Nc1nn[nH]n1)c1ccnc(Cl)c1. The minimum absolute atomic E-state index is 0.105. The number of anilines is 1. The number of carbonyl (C=O) groups excluding carboxylic acids is 1. The highest BCUT2D eigenvalue weighted by Crippen LogP contribution is 2.08. The summed E-state index contributed by atoms with van der Waals surface area (Å²) in [6, 6.07) is 2.97. The van der Waals surface area contributed by atoms with Gasteiger partial charge in [0.15, 0.2) is 0 Å². The van der Waals surface area contributed by atoms with Crippen molar-refractivity contribution in [2.45, 2.75) is 0 Å².